The van der Waals surface area contributed by atoms with Crippen LogP contribution in [0.3, 0.4) is 0 Å². The van der Waals surface area contributed by atoms with Crippen LogP contribution in [0.25, 0.3) is 0 Å². The molecular weight excluding hydrogens is 346 g/mol. The van der Waals surface area contributed by atoms with Crippen LogP contribution < -0.4 is 10.1 Å². The molecule has 1 fully saturated rings. The van der Waals surface area contributed by atoms with Crippen molar-refractivity contribution in [3.8, 4) is 5.75 Å². The molecule has 3 rings (SSSR count). The van der Waals surface area contributed by atoms with Crippen LogP contribution >= 0.6 is 22.9 Å². The molecule has 0 aliphatic carbocycles. The first-order chi connectivity index (χ1) is 11.5. The molecule has 1 aromatic heterocycles. The molecule has 24 heavy (non-hydrogen) atoms. The van der Waals surface area contributed by atoms with Gasteiger partial charge in [-0.3, -0.25) is 4.79 Å². The van der Waals surface area contributed by atoms with Gasteiger partial charge in [0.2, 0.25) is 0 Å². The van der Waals surface area contributed by atoms with Crippen molar-refractivity contribution in [1.29, 1.82) is 0 Å². The van der Waals surface area contributed by atoms with Gasteiger partial charge in [-0.1, -0.05) is 11.6 Å². The number of likely N-dealkylation sites (N-methyl/N-ethyl adjacent to an activating group) is 1. The number of amides is 1. The average Bonchev–Trinajstić information content (AvgIpc) is 3.23. The third-order valence-corrected chi connectivity index (χ3v) is 5.48. The average molecular weight is 366 g/mol. The Labute approximate surface area is 150 Å². The Bertz CT molecular complexity index is 711. The number of carbonyl (C=O) groups is 1. The predicted molar refractivity (Wildman–Crippen MR) is 96.0 cm³/mol. The molecule has 128 valence electrons. The summed E-state index contributed by atoms with van der Waals surface area (Å²) in [5, 5.41) is 4.75. The molecule has 2 heterocycles. The highest BCUT2D eigenvalue weighted by molar-refractivity contribution is 7.13. The molecule has 0 spiro atoms. The molecule has 1 unspecified atom stereocenters. The number of hydrogen-bond donors (Lipinski definition) is 1. The van der Waals surface area contributed by atoms with Crippen molar-refractivity contribution in [3.05, 3.63) is 44.9 Å². The monoisotopic (exact) mass is 365 g/mol. The third kappa shape index (κ3) is 3.88. The Kier molecular flexibility index (Phi) is 5.38. The van der Waals surface area contributed by atoms with E-state index < -0.39 is 0 Å². The van der Waals surface area contributed by atoms with Crippen LogP contribution in [0.4, 0.5) is 0 Å². The summed E-state index contributed by atoms with van der Waals surface area (Å²) in [6.07, 6.45) is 0.993. The van der Waals surface area contributed by atoms with Crippen LogP contribution in [0.2, 0.25) is 5.02 Å². The Morgan fingerprint density at radius 1 is 1.46 bits per heavy atom. The molecule has 1 aliphatic rings. The fourth-order valence-electron chi connectivity index (χ4n) is 2.68. The molecule has 0 radical (unpaired) electrons. The molecule has 1 aromatic carbocycles. The number of nitrogens with zero attached hydrogens (tertiary/aromatic N) is 2. The number of halogens is 1. The number of nitrogens with one attached hydrogen (secondary N) is 1. The summed E-state index contributed by atoms with van der Waals surface area (Å²) in [5.41, 5.74) is 0.762. The molecule has 5 nitrogen and oxygen atoms in total. The number of benzene rings is 1. The van der Waals surface area contributed by atoms with Crippen molar-refractivity contribution in [2.75, 3.05) is 20.1 Å². The van der Waals surface area contributed by atoms with E-state index in [4.69, 9.17) is 16.3 Å². The minimum Gasteiger partial charge on any atom is -0.486 e. The van der Waals surface area contributed by atoms with Crippen molar-refractivity contribution >= 4 is 28.8 Å². The lowest BCUT2D eigenvalue weighted by atomic mass is 10.2. The standard InChI is InChI=1S/C17H20ClN3O2S/c1-11-16(17(22)21(2)13-7-8-19-9-13)24-15(20-11)10-23-14-5-3-12(18)4-6-14/h3-6,13,19H,7-10H2,1-2H3. The molecule has 0 saturated carbocycles. The Hall–Kier alpha value is -1.63. The second kappa shape index (κ2) is 7.51. The molecule has 1 atom stereocenters. The molecular formula is C17H20ClN3O2S. The van der Waals surface area contributed by atoms with Crippen molar-refractivity contribution in [2.24, 2.45) is 0 Å². The maximum atomic E-state index is 12.7. The molecule has 7 heteroatoms. The van der Waals surface area contributed by atoms with Gasteiger partial charge in [0.25, 0.3) is 5.91 Å². The van der Waals surface area contributed by atoms with E-state index in [9.17, 15) is 4.79 Å². The lowest BCUT2D eigenvalue weighted by Gasteiger charge is -2.23. The fraction of sp³-hybridized carbons (Fsp3) is 0.412. The largest absolute Gasteiger partial charge is 0.486 e. The van der Waals surface area contributed by atoms with E-state index in [1.54, 1.807) is 12.1 Å². The van der Waals surface area contributed by atoms with Crippen molar-refractivity contribution in [1.82, 2.24) is 15.2 Å². The molecule has 1 saturated heterocycles. The van der Waals surface area contributed by atoms with Crippen molar-refractivity contribution in [3.63, 3.8) is 0 Å². The van der Waals surface area contributed by atoms with E-state index in [0.717, 1.165) is 36.0 Å². The molecule has 2 aromatic rings. The minimum atomic E-state index is 0.0384. The van der Waals surface area contributed by atoms with Crippen LogP contribution in [0.5, 0.6) is 5.75 Å². The summed E-state index contributed by atoms with van der Waals surface area (Å²) < 4.78 is 5.71. The van der Waals surface area contributed by atoms with E-state index in [-0.39, 0.29) is 11.9 Å². The first-order valence-corrected chi connectivity index (χ1v) is 9.06. The number of ether oxygens (including phenoxy) is 1. The zero-order chi connectivity index (χ0) is 17.1. The van der Waals surface area contributed by atoms with Gasteiger partial charge in [-0.15, -0.1) is 11.3 Å². The van der Waals surface area contributed by atoms with Crippen LogP contribution in [0.1, 0.15) is 26.8 Å². The first kappa shape index (κ1) is 17.2. The zero-order valence-corrected chi connectivity index (χ0v) is 15.3. The van der Waals surface area contributed by atoms with Gasteiger partial charge in [0.1, 0.15) is 22.2 Å². The summed E-state index contributed by atoms with van der Waals surface area (Å²) in [4.78, 5) is 19.7. The van der Waals surface area contributed by atoms with Gasteiger partial charge in [0.05, 0.1) is 5.69 Å². The summed E-state index contributed by atoms with van der Waals surface area (Å²) >= 11 is 7.26. The Morgan fingerprint density at radius 2 is 2.21 bits per heavy atom. The van der Waals surface area contributed by atoms with E-state index in [1.807, 2.05) is 31.0 Å². The highest BCUT2D eigenvalue weighted by atomic mass is 35.5. The quantitative estimate of drug-likeness (QED) is 0.884. The van der Waals surface area contributed by atoms with E-state index in [0.29, 0.717) is 16.5 Å². The number of rotatable bonds is 5. The van der Waals surface area contributed by atoms with Gasteiger partial charge in [-0.2, -0.15) is 0 Å². The number of hydrogen-bond acceptors (Lipinski definition) is 5. The molecule has 0 bridgehead atoms. The van der Waals surface area contributed by atoms with E-state index in [1.165, 1.54) is 11.3 Å². The summed E-state index contributed by atoms with van der Waals surface area (Å²) in [6, 6.07) is 7.45. The van der Waals surface area contributed by atoms with Gasteiger partial charge in [0, 0.05) is 24.7 Å². The number of thiazole rings is 1. The maximum Gasteiger partial charge on any atom is 0.265 e. The number of aromatic nitrogens is 1. The van der Waals surface area contributed by atoms with Crippen LogP contribution in [0, 0.1) is 6.92 Å². The molecule has 1 aliphatic heterocycles. The zero-order valence-electron chi connectivity index (χ0n) is 13.7. The van der Waals surface area contributed by atoms with Gasteiger partial charge >= 0.3 is 0 Å². The second-order valence-electron chi connectivity index (χ2n) is 5.83. The first-order valence-electron chi connectivity index (χ1n) is 7.87. The molecule has 1 N–H and O–H groups in total. The minimum absolute atomic E-state index is 0.0384. The number of carbonyl (C=O) groups excluding carboxylic acids is 1. The lowest BCUT2D eigenvalue weighted by molar-refractivity contribution is 0.0747. The van der Waals surface area contributed by atoms with E-state index in [2.05, 4.69) is 10.3 Å². The van der Waals surface area contributed by atoms with Crippen molar-refractivity contribution in [2.45, 2.75) is 26.0 Å². The smallest absolute Gasteiger partial charge is 0.265 e. The summed E-state index contributed by atoms with van der Waals surface area (Å²) in [5.74, 6) is 0.769. The van der Waals surface area contributed by atoms with Gasteiger partial charge in [0.15, 0.2) is 0 Å². The summed E-state index contributed by atoms with van der Waals surface area (Å²) in [7, 11) is 1.86. The SMILES string of the molecule is Cc1nc(COc2ccc(Cl)cc2)sc1C(=O)N(C)C1CCNC1. The normalized spacial score (nSPS) is 17.0. The topological polar surface area (TPSA) is 54.5 Å². The highest BCUT2D eigenvalue weighted by Gasteiger charge is 2.26. The van der Waals surface area contributed by atoms with Gasteiger partial charge in [-0.05, 0) is 44.2 Å². The Balaban J connectivity index is 1.65. The summed E-state index contributed by atoms with van der Waals surface area (Å²) in [6.45, 7) is 4.03. The van der Waals surface area contributed by atoms with E-state index >= 15 is 0 Å². The second-order valence-corrected chi connectivity index (χ2v) is 7.35. The van der Waals surface area contributed by atoms with Crippen LogP contribution in [0.15, 0.2) is 24.3 Å². The lowest BCUT2D eigenvalue weighted by Crippen LogP contribution is -2.38. The van der Waals surface area contributed by atoms with Crippen LogP contribution in [-0.4, -0.2) is 42.0 Å². The van der Waals surface area contributed by atoms with Crippen LogP contribution in [-0.2, 0) is 6.61 Å². The van der Waals surface area contributed by atoms with Gasteiger partial charge < -0.3 is 15.0 Å². The fourth-order valence-corrected chi connectivity index (χ4v) is 3.77. The maximum absolute atomic E-state index is 12.7. The van der Waals surface area contributed by atoms with Gasteiger partial charge in [-0.25, -0.2) is 4.98 Å². The molecule has 1 amide bonds. The number of aryl methyl sites for hydroxylation is 1. The third-order valence-electron chi connectivity index (χ3n) is 4.11. The highest BCUT2D eigenvalue weighted by Crippen LogP contribution is 2.23. The van der Waals surface area contributed by atoms with Crippen molar-refractivity contribution < 1.29 is 9.53 Å². The predicted octanol–water partition coefficient (Wildman–Crippen LogP) is 3.12. The Morgan fingerprint density at radius 3 is 2.88 bits per heavy atom.